The second-order valence-corrected chi connectivity index (χ2v) is 7.90. The van der Waals surface area contributed by atoms with E-state index in [0.29, 0.717) is 31.8 Å². The van der Waals surface area contributed by atoms with E-state index >= 15 is 0 Å². The van der Waals surface area contributed by atoms with Gasteiger partial charge in [-0.25, -0.2) is 13.1 Å². The molecule has 0 aromatic heterocycles. The van der Waals surface area contributed by atoms with E-state index in [-0.39, 0.29) is 11.8 Å². The van der Waals surface area contributed by atoms with Gasteiger partial charge in [-0.2, -0.15) is 0 Å². The number of nitrogens with one attached hydrogen (secondary N) is 1. The summed E-state index contributed by atoms with van der Waals surface area (Å²) < 4.78 is 30.9. The third-order valence-electron chi connectivity index (χ3n) is 4.23. The third-order valence-corrected chi connectivity index (χ3v) is 5.24. The molecule has 1 aliphatic rings. The van der Waals surface area contributed by atoms with Crippen molar-refractivity contribution in [3.05, 3.63) is 41.8 Å². The van der Waals surface area contributed by atoms with E-state index in [4.69, 9.17) is 4.74 Å². The third kappa shape index (κ3) is 5.86. The van der Waals surface area contributed by atoms with Crippen molar-refractivity contribution in [1.29, 1.82) is 0 Å². The number of carbonyl (C=O) groups excluding carboxylic acids is 1. The maximum Gasteiger partial charge on any atom is 0.253 e. The van der Waals surface area contributed by atoms with Gasteiger partial charge in [-0.3, -0.25) is 4.79 Å². The Kier molecular flexibility index (Phi) is 7.01. The van der Waals surface area contributed by atoms with Gasteiger partial charge in [0.25, 0.3) is 5.91 Å². The molecule has 138 valence electrons. The first-order valence-electron chi connectivity index (χ1n) is 8.59. The number of unbranched alkanes of at least 4 members (excludes halogenated alkanes) is 1. The lowest BCUT2D eigenvalue weighted by Gasteiger charge is -2.17. The van der Waals surface area contributed by atoms with Crippen LogP contribution in [0.2, 0.25) is 0 Å². The number of hydrogen-bond donors (Lipinski definition) is 1. The van der Waals surface area contributed by atoms with E-state index in [9.17, 15) is 13.2 Å². The van der Waals surface area contributed by atoms with Crippen LogP contribution in [-0.4, -0.2) is 45.5 Å². The molecule has 1 fully saturated rings. The maximum absolute atomic E-state index is 12.6. The number of ether oxygens (including phenoxy) is 1. The van der Waals surface area contributed by atoms with Gasteiger partial charge < -0.3 is 9.64 Å². The fourth-order valence-electron chi connectivity index (χ4n) is 2.69. The Morgan fingerprint density at radius 2 is 2.12 bits per heavy atom. The minimum absolute atomic E-state index is 0.0332. The van der Waals surface area contributed by atoms with E-state index in [0.717, 1.165) is 30.4 Å². The molecular weight excluding hydrogens is 340 g/mol. The van der Waals surface area contributed by atoms with Gasteiger partial charge in [0.15, 0.2) is 0 Å². The fraction of sp³-hybridized carbons (Fsp3) is 0.500. The van der Waals surface area contributed by atoms with E-state index in [1.54, 1.807) is 17.0 Å². The zero-order valence-corrected chi connectivity index (χ0v) is 15.4. The minimum Gasteiger partial charge on any atom is -0.494 e. The summed E-state index contributed by atoms with van der Waals surface area (Å²) in [5.74, 6) is 0.854. The highest BCUT2D eigenvalue weighted by molar-refractivity contribution is 7.92. The molecule has 0 saturated carbocycles. The van der Waals surface area contributed by atoms with E-state index in [2.05, 4.69) is 18.2 Å². The zero-order valence-electron chi connectivity index (χ0n) is 14.6. The summed E-state index contributed by atoms with van der Waals surface area (Å²) in [6, 6.07) is 7.18. The number of hydrogen-bond acceptors (Lipinski definition) is 4. The van der Waals surface area contributed by atoms with Crippen LogP contribution in [0, 0.1) is 5.92 Å². The number of benzene rings is 1. The summed E-state index contributed by atoms with van der Waals surface area (Å²) in [6.45, 7) is 7.56. The molecule has 1 saturated heterocycles. The first kappa shape index (κ1) is 19.5. The summed E-state index contributed by atoms with van der Waals surface area (Å²) in [4.78, 5) is 14.3. The normalized spacial score (nSPS) is 17.5. The van der Waals surface area contributed by atoms with Crippen LogP contribution in [0.1, 0.15) is 36.5 Å². The quantitative estimate of drug-likeness (QED) is 0.681. The van der Waals surface area contributed by atoms with Gasteiger partial charge >= 0.3 is 0 Å². The van der Waals surface area contributed by atoms with Crippen molar-refractivity contribution in [3.8, 4) is 5.75 Å². The summed E-state index contributed by atoms with van der Waals surface area (Å²) >= 11 is 0. The molecule has 25 heavy (non-hydrogen) atoms. The average molecular weight is 366 g/mol. The van der Waals surface area contributed by atoms with E-state index in [1.165, 1.54) is 0 Å². The molecule has 0 aliphatic carbocycles. The molecule has 1 N–H and O–H groups in total. The Balaban J connectivity index is 1.85. The molecular formula is C18H26N2O4S. The van der Waals surface area contributed by atoms with Crippen LogP contribution in [0.25, 0.3) is 0 Å². The molecule has 0 spiro atoms. The van der Waals surface area contributed by atoms with Crippen LogP contribution < -0.4 is 9.46 Å². The Hall–Kier alpha value is -1.86. The van der Waals surface area contributed by atoms with Crippen molar-refractivity contribution < 1.29 is 17.9 Å². The lowest BCUT2D eigenvalue weighted by Crippen LogP contribution is -2.32. The highest BCUT2D eigenvalue weighted by Crippen LogP contribution is 2.20. The van der Waals surface area contributed by atoms with Gasteiger partial charge in [0, 0.05) is 30.6 Å². The van der Waals surface area contributed by atoms with Gasteiger partial charge in [-0.1, -0.05) is 19.9 Å². The molecule has 1 amide bonds. The highest BCUT2D eigenvalue weighted by Gasteiger charge is 2.27. The molecule has 0 unspecified atom stereocenters. The van der Waals surface area contributed by atoms with Gasteiger partial charge in [-0.05, 0) is 43.0 Å². The molecule has 1 aromatic carbocycles. The lowest BCUT2D eigenvalue weighted by atomic mass is 10.1. The molecule has 2 rings (SSSR count). The Morgan fingerprint density at radius 1 is 1.40 bits per heavy atom. The van der Waals surface area contributed by atoms with Crippen molar-refractivity contribution >= 4 is 15.9 Å². The minimum atomic E-state index is -3.41. The summed E-state index contributed by atoms with van der Waals surface area (Å²) in [6.07, 6.45) is 2.87. The predicted molar refractivity (Wildman–Crippen MR) is 98.0 cm³/mol. The van der Waals surface area contributed by atoms with E-state index < -0.39 is 10.0 Å². The molecule has 1 atom stereocenters. The van der Waals surface area contributed by atoms with Crippen LogP contribution in [0.5, 0.6) is 5.75 Å². The maximum atomic E-state index is 12.6. The first-order valence-corrected chi connectivity index (χ1v) is 10.1. The highest BCUT2D eigenvalue weighted by atomic mass is 32.2. The van der Waals surface area contributed by atoms with Gasteiger partial charge in [-0.15, -0.1) is 0 Å². The van der Waals surface area contributed by atoms with Crippen molar-refractivity contribution in [2.45, 2.75) is 26.2 Å². The first-order chi connectivity index (χ1) is 11.9. The zero-order chi connectivity index (χ0) is 18.3. The largest absolute Gasteiger partial charge is 0.494 e. The molecule has 0 radical (unpaired) electrons. The summed E-state index contributed by atoms with van der Waals surface area (Å²) in [5, 5.41) is 0.898. The fourth-order valence-corrected chi connectivity index (χ4v) is 3.27. The van der Waals surface area contributed by atoms with Crippen LogP contribution in [0.4, 0.5) is 0 Å². The lowest BCUT2D eigenvalue weighted by molar-refractivity contribution is 0.0787. The monoisotopic (exact) mass is 366 g/mol. The summed E-state index contributed by atoms with van der Waals surface area (Å²) in [5.41, 5.74) is 0.621. The van der Waals surface area contributed by atoms with Crippen molar-refractivity contribution in [3.63, 3.8) is 0 Å². The van der Waals surface area contributed by atoms with Gasteiger partial charge in [0.2, 0.25) is 10.0 Å². The molecule has 6 nitrogen and oxygen atoms in total. The molecule has 1 aliphatic heterocycles. The molecule has 1 aromatic rings. The molecule has 0 bridgehead atoms. The van der Waals surface area contributed by atoms with Crippen molar-refractivity contribution in [2.24, 2.45) is 5.92 Å². The van der Waals surface area contributed by atoms with Crippen molar-refractivity contribution in [1.82, 2.24) is 9.62 Å². The number of sulfonamides is 1. The Morgan fingerprint density at radius 3 is 2.76 bits per heavy atom. The number of carbonyl (C=O) groups is 1. The van der Waals surface area contributed by atoms with E-state index in [1.807, 2.05) is 12.1 Å². The van der Waals surface area contributed by atoms with Crippen LogP contribution in [-0.2, 0) is 10.0 Å². The number of likely N-dealkylation sites (tertiary alicyclic amines) is 1. The molecule has 7 heteroatoms. The van der Waals surface area contributed by atoms with Crippen LogP contribution >= 0.6 is 0 Å². The topological polar surface area (TPSA) is 75.7 Å². The van der Waals surface area contributed by atoms with Crippen LogP contribution in [0.15, 0.2) is 36.3 Å². The standard InChI is InChI=1S/C18H26N2O4S/c1-3-5-12-24-17-8-6-16(7-9-17)18(21)20-11-10-15(14-20)13-19-25(22,23)4-2/h4,6-9,15,19H,2-3,5,10-14H2,1H3/t15-/m1/s1. The number of rotatable bonds is 9. The SMILES string of the molecule is C=CS(=O)(=O)NC[C@H]1CCN(C(=O)c2ccc(OCCCC)cc2)C1. The smallest absolute Gasteiger partial charge is 0.253 e. The number of nitrogens with zero attached hydrogens (tertiary/aromatic N) is 1. The predicted octanol–water partition coefficient (Wildman–Crippen LogP) is 2.39. The summed E-state index contributed by atoms with van der Waals surface area (Å²) in [7, 11) is -3.41. The average Bonchev–Trinajstić information content (AvgIpc) is 3.09. The van der Waals surface area contributed by atoms with Gasteiger partial charge in [0.05, 0.1) is 6.61 Å². The van der Waals surface area contributed by atoms with Gasteiger partial charge in [0.1, 0.15) is 5.75 Å². The number of amides is 1. The van der Waals surface area contributed by atoms with Crippen LogP contribution in [0.3, 0.4) is 0 Å². The Bertz CT molecular complexity index is 686. The Labute approximate surface area is 149 Å². The van der Waals surface area contributed by atoms with Crippen molar-refractivity contribution in [2.75, 3.05) is 26.2 Å². The second-order valence-electron chi connectivity index (χ2n) is 6.19. The molecule has 1 heterocycles. The second kappa shape index (κ2) is 9.01.